The molecule has 0 spiro atoms. The van der Waals surface area contributed by atoms with Crippen LogP contribution in [0.25, 0.3) is 0 Å². The third-order valence-corrected chi connectivity index (χ3v) is 2.38. The molecule has 1 heterocycles. The molecule has 0 radical (unpaired) electrons. The van der Waals surface area contributed by atoms with Gasteiger partial charge in [-0.15, -0.1) is 11.6 Å². The largest absolute Gasteiger partial charge is 0.394 e. The van der Waals surface area contributed by atoms with Gasteiger partial charge in [0.05, 0.1) is 13.2 Å². The van der Waals surface area contributed by atoms with Gasteiger partial charge in [-0.2, -0.15) is 0 Å². The van der Waals surface area contributed by atoms with Crippen molar-refractivity contribution in [2.75, 3.05) is 19.1 Å². The Kier molecular flexibility index (Phi) is 5.20. The first kappa shape index (κ1) is 13.1. The summed E-state index contributed by atoms with van der Waals surface area (Å²) in [5, 5.41) is 37.2. The molecule has 0 saturated carbocycles. The van der Waals surface area contributed by atoms with Crippen LogP contribution in [0.2, 0.25) is 0 Å². The minimum absolute atomic E-state index is 0.125. The van der Waals surface area contributed by atoms with Crippen molar-refractivity contribution in [2.24, 2.45) is 0 Å². The molecule has 1 rings (SSSR count). The normalized spacial score (nSPS) is 41.8. The molecule has 0 bridgehead atoms. The monoisotopic (exact) mass is 242 g/mol. The van der Waals surface area contributed by atoms with E-state index in [4.69, 9.17) is 26.2 Å². The van der Waals surface area contributed by atoms with E-state index in [0.717, 1.165) is 0 Å². The molecule has 0 aliphatic carbocycles. The number of alkyl halides is 1. The lowest BCUT2D eigenvalue weighted by Crippen LogP contribution is -2.59. The Balaban J connectivity index is 2.58. The summed E-state index contributed by atoms with van der Waals surface area (Å²) >= 11 is 5.38. The highest BCUT2D eigenvalue weighted by atomic mass is 35.5. The Morgan fingerprint density at radius 2 is 1.87 bits per heavy atom. The summed E-state index contributed by atoms with van der Waals surface area (Å²) in [7, 11) is 0. The Morgan fingerprint density at radius 1 is 1.20 bits per heavy atom. The van der Waals surface area contributed by atoms with E-state index >= 15 is 0 Å². The third-order valence-electron chi connectivity index (χ3n) is 2.23. The van der Waals surface area contributed by atoms with Gasteiger partial charge in [0, 0.05) is 5.88 Å². The molecular weight excluding hydrogens is 228 g/mol. The van der Waals surface area contributed by atoms with Gasteiger partial charge in [-0.05, 0) is 0 Å². The molecule has 15 heavy (non-hydrogen) atoms. The molecule has 6 nitrogen and oxygen atoms in total. The minimum atomic E-state index is -1.39. The molecule has 1 saturated heterocycles. The summed E-state index contributed by atoms with van der Waals surface area (Å²) in [6.45, 7) is -0.363. The summed E-state index contributed by atoms with van der Waals surface area (Å²) in [5.41, 5.74) is 0. The maximum Gasteiger partial charge on any atom is 0.184 e. The molecule has 0 aromatic rings. The molecule has 1 aliphatic rings. The third kappa shape index (κ3) is 3.01. The van der Waals surface area contributed by atoms with Crippen molar-refractivity contribution >= 4 is 11.6 Å². The van der Waals surface area contributed by atoms with Gasteiger partial charge in [0.2, 0.25) is 0 Å². The zero-order valence-corrected chi connectivity index (χ0v) is 8.75. The van der Waals surface area contributed by atoms with Crippen molar-refractivity contribution in [3.63, 3.8) is 0 Å². The molecule has 4 N–H and O–H groups in total. The first-order valence-electron chi connectivity index (χ1n) is 4.60. The van der Waals surface area contributed by atoms with Crippen molar-refractivity contribution in [1.82, 2.24) is 0 Å². The van der Waals surface area contributed by atoms with Crippen molar-refractivity contribution in [3.8, 4) is 0 Å². The second kappa shape index (κ2) is 5.95. The summed E-state index contributed by atoms with van der Waals surface area (Å²) in [6, 6.07) is 0. The number of aliphatic hydroxyl groups excluding tert-OH is 4. The van der Waals surface area contributed by atoms with Crippen molar-refractivity contribution in [1.29, 1.82) is 0 Å². The molecule has 0 amide bonds. The van der Waals surface area contributed by atoms with Crippen LogP contribution in [-0.2, 0) is 9.47 Å². The fourth-order valence-electron chi connectivity index (χ4n) is 1.43. The molecule has 90 valence electrons. The van der Waals surface area contributed by atoms with Crippen molar-refractivity contribution < 1.29 is 29.9 Å². The summed E-state index contributed by atoms with van der Waals surface area (Å²) in [5.74, 6) is 0.204. The smallest absolute Gasteiger partial charge is 0.184 e. The highest BCUT2D eigenvalue weighted by molar-refractivity contribution is 6.17. The summed E-state index contributed by atoms with van der Waals surface area (Å²) in [6.07, 6.45) is -6.05. The average Bonchev–Trinajstić information content (AvgIpc) is 2.23. The number of rotatable bonds is 4. The van der Waals surface area contributed by atoms with E-state index in [2.05, 4.69) is 0 Å². The summed E-state index contributed by atoms with van der Waals surface area (Å²) < 4.78 is 9.88. The lowest BCUT2D eigenvalue weighted by atomic mass is 9.99. The molecule has 1 aliphatic heterocycles. The van der Waals surface area contributed by atoms with E-state index in [9.17, 15) is 15.3 Å². The van der Waals surface area contributed by atoms with Crippen LogP contribution in [0.3, 0.4) is 0 Å². The number of halogens is 1. The van der Waals surface area contributed by atoms with Gasteiger partial charge in [-0.1, -0.05) is 0 Å². The fraction of sp³-hybridized carbons (Fsp3) is 1.00. The maximum absolute atomic E-state index is 9.57. The minimum Gasteiger partial charge on any atom is -0.394 e. The van der Waals surface area contributed by atoms with E-state index in [1.165, 1.54) is 0 Å². The first-order chi connectivity index (χ1) is 7.11. The standard InChI is InChI=1S/C8H15ClO6/c9-1-2-14-7-6(12)5(11)4(3-10)15-8(7)13/h4-8,10-13H,1-3H2/t4-,5+,6+,7-,8-/m1/s1. The highest BCUT2D eigenvalue weighted by Crippen LogP contribution is 2.21. The van der Waals surface area contributed by atoms with Gasteiger partial charge in [0.1, 0.15) is 24.4 Å². The van der Waals surface area contributed by atoms with Crippen LogP contribution in [-0.4, -0.2) is 70.2 Å². The molecule has 0 aromatic carbocycles. The van der Waals surface area contributed by atoms with Crippen LogP contribution in [0.1, 0.15) is 0 Å². The second-order valence-corrected chi connectivity index (χ2v) is 3.63. The van der Waals surface area contributed by atoms with Gasteiger partial charge < -0.3 is 29.9 Å². The molecule has 0 unspecified atom stereocenters. The van der Waals surface area contributed by atoms with Gasteiger partial charge in [0.25, 0.3) is 0 Å². The molecular formula is C8H15ClO6. The van der Waals surface area contributed by atoms with Gasteiger partial charge in [0.15, 0.2) is 6.29 Å². The van der Waals surface area contributed by atoms with E-state index in [0.29, 0.717) is 0 Å². The van der Waals surface area contributed by atoms with Gasteiger partial charge in [-0.3, -0.25) is 0 Å². The lowest BCUT2D eigenvalue weighted by molar-refractivity contribution is -0.295. The first-order valence-corrected chi connectivity index (χ1v) is 5.13. The molecule has 7 heteroatoms. The molecule has 5 atom stereocenters. The average molecular weight is 243 g/mol. The quantitative estimate of drug-likeness (QED) is 0.428. The molecule has 1 fully saturated rings. The Hall–Kier alpha value is 0.0500. The second-order valence-electron chi connectivity index (χ2n) is 3.25. The number of aliphatic hydroxyl groups is 4. The molecule has 0 aromatic heterocycles. The Labute approximate surface area is 92.0 Å². The maximum atomic E-state index is 9.57. The zero-order valence-electron chi connectivity index (χ0n) is 7.99. The zero-order chi connectivity index (χ0) is 11.4. The lowest BCUT2D eigenvalue weighted by Gasteiger charge is -2.39. The van der Waals surface area contributed by atoms with Crippen LogP contribution < -0.4 is 0 Å². The van der Waals surface area contributed by atoms with Crippen LogP contribution in [0, 0.1) is 0 Å². The topological polar surface area (TPSA) is 99.4 Å². The SMILES string of the molecule is OC[C@H]1O[C@@H](O)[C@H](OCCCl)[C@@H](O)[C@H]1O. The van der Waals surface area contributed by atoms with Crippen LogP contribution >= 0.6 is 11.6 Å². The van der Waals surface area contributed by atoms with Crippen molar-refractivity contribution in [2.45, 2.75) is 30.7 Å². The summed E-state index contributed by atoms with van der Waals surface area (Å²) in [4.78, 5) is 0. The predicted molar refractivity (Wildman–Crippen MR) is 50.4 cm³/mol. The number of hydrogen-bond acceptors (Lipinski definition) is 6. The number of hydrogen-bond donors (Lipinski definition) is 4. The van der Waals surface area contributed by atoms with E-state index in [-0.39, 0.29) is 12.5 Å². The number of ether oxygens (including phenoxy) is 2. The van der Waals surface area contributed by atoms with Gasteiger partial charge >= 0.3 is 0 Å². The Bertz CT molecular complexity index is 192. The Morgan fingerprint density at radius 3 is 2.40 bits per heavy atom. The predicted octanol–water partition coefficient (Wildman–Crippen LogP) is -1.96. The van der Waals surface area contributed by atoms with Crippen LogP contribution in [0.4, 0.5) is 0 Å². The highest BCUT2D eigenvalue weighted by Gasteiger charge is 2.44. The van der Waals surface area contributed by atoms with E-state index < -0.39 is 37.3 Å². The fourth-order valence-corrected chi connectivity index (χ4v) is 1.52. The van der Waals surface area contributed by atoms with E-state index in [1.807, 2.05) is 0 Å². The van der Waals surface area contributed by atoms with Gasteiger partial charge in [-0.25, -0.2) is 0 Å². The van der Waals surface area contributed by atoms with Crippen molar-refractivity contribution in [3.05, 3.63) is 0 Å². The van der Waals surface area contributed by atoms with E-state index in [1.54, 1.807) is 0 Å². The van der Waals surface area contributed by atoms with Crippen LogP contribution in [0.15, 0.2) is 0 Å². The van der Waals surface area contributed by atoms with Crippen LogP contribution in [0.5, 0.6) is 0 Å².